The number of hydrogen-bond acceptors (Lipinski definition) is 2. The van der Waals surface area contributed by atoms with Crippen LogP contribution in [0.15, 0.2) is 11.6 Å². The highest BCUT2D eigenvalue weighted by Gasteiger charge is 2.58. The lowest BCUT2D eigenvalue weighted by molar-refractivity contribution is -0.130. The summed E-state index contributed by atoms with van der Waals surface area (Å²) in [5, 5.41) is 0. The highest BCUT2D eigenvalue weighted by atomic mass is 16.1. The average molecular weight is 177 g/mol. The molecule has 13 heavy (non-hydrogen) atoms. The zero-order chi connectivity index (χ0) is 9.22. The number of fused-ring (bicyclic) bond motifs is 1. The van der Waals surface area contributed by atoms with Crippen molar-refractivity contribution in [3.05, 3.63) is 11.6 Å². The molecule has 4 bridgehead atoms. The SMILES string of the molecule is CC(=O)C1C2CC3(N)CC=C2[C@H]1C3. The van der Waals surface area contributed by atoms with Crippen LogP contribution in [0.5, 0.6) is 0 Å². The van der Waals surface area contributed by atoms with E-state index in [9.17, 15) is 4.79 Å². The molecule has 5 aliphatic carbocycles. The lowest BCUT2D eigenvalue weighted by Gasteiger charge is -2.60. The molecule has 0 aromatic rings. The van der Waals surface area contributed by atoms with Crippen molar-refractivity contribution in [2.45, 2.75) is 31.7 Å². The summed E-state index contributed by atoms with van der Waals surface area (Å²) >= 11 is 0. The van der Waals surface area contributed by atoms with Gasteiger partial charge in [-0.2, -0.15) is 0 Å². The van der Waals surface area contributed by atoms with E-state index in [2.05, 4.69) is 6.08 Å². The van der Waals surface area contributed by atoms with Crippen LogP contribution >= 0.6 is 0 Å². The predicted octanol–water partition coefficient (Wildman–Crippen LogP) is 1.26. The van der Waals surface area contributed by atoms with Crippen molar-refractivity contribution in [3.8, 4) is 0 Å². The zero-order valence-electron chi connectivity index (χ0n) is 7.92. The molecule has 3 fully saturated rings. The molecule has 70 valence electrons. The molecule has 3 saturated carbocycles. The molecule has 0 radical (unpaired) electrons. The Bertz CT molecular complexity index is 302. The Labute approximate surface area is 78.2 Å². The van der Waals surface area contributed by atoms with E-state index in [0.717, 1.165) is 19.3 Å². The molecule has 0 saturated heterocycles. The van der Waals surface area contributed by atoms with Gasteiger partial charge < -0.3 is 5.73 Å². The molecule has 0 aromatic carbocycles. The Kier molecular flexibility index (Phi) is 1.23. The highest BCUT2D eigenvalue weighted by Crippen LogP contribution is 2.61. The number of allylic oxidation sites excluding steroid dienone is 1. The summed E-state index contributed by atoms with van der Waals surface area (Å²) in [5.74, 6) is 1.74. The van der Waals surface area contributed by atoms with E-state index in [1.807, 2.05) is 0 Å². The van der Waals surface area contributed by atoms with E-state index in [0.29, 0.717) is 23.5 Å². The van der Waals surface area contributed by atoms with Crippen LogP contribution in [0.25, 0.3) is 0 Å². The molecule has 4 atom stereocenters. The molecule has 0 spiro atoms. The molecule has 0 amide bonds. The Morgan fingerprint density at radius 1 is 1.54 bits per heavy atom. The molecule has 5 aliphatic rings. The van der Waals surface area contributed by atoms with Crippen LogP contribution in [0.2, 0.25) is 0 Å². The van der Waals surface area contributed by atoms with Gasteiger partial charge in [-0.25, -0.2) is 0 Å². The van der Waals surface area contributed by atoms with E-state index in [4.69, 9.17) is 5.73 Å². The standard InChI is InChI=1S/C11H15NO/c1-6(13)10-8-4-11(12)3-2-7(8)9(10)5-11/h2,8-10H,3-5,12H2,1H3/t8-,9?,10?,11?/m1/s1. The van der Waals surface area contributed by atoms with Crippen molar-refractivity contribution in [3.63, 3.8) is 0 Å². The summed E-state index contributed by atoms with van der Waals surface area (Å²) in [6, 6.07) is 0. The summed E-state index contributed by atoms with van der Waals surface area (Å²) in [6.07, 6.45) is 5.45. The largest absolute Gasteiger partial charge is 0.325 e. The van der Waals surface area contributed by atoms with Gasteiger partial charge >= 0.3 is 0 Å². The molecule has 3 unspecified atom stereocenters. The summed E-state index contributed by atoms with van der Waals surface area (Å²) in [4.78, 5) is 11.4. The maximum Gasteiger partial charge on any atom is 0.134 e. The third kappa shape index (κ3) is 0.798. The first-order valence-electron chi connectivity index (χ1n) is 5.10. The van der Waals surface area contributed by atoms with Crippen LogP contribution in [-0.4, -0.2) is 11.3 Å². The number of nitrogens with two attached hydrogens (primary N) is 1. The van der Waals surface area contributed by atoms with E-state index in [-0.39, 0.29) is 5.54 Å². The van der Waals surface area contributed by atoms with E-state index in [1.54, 1.807) is 12.5 Å². The van der Waals surface area contributed by atoms with Gasteiger partial charge in [0.15, 0.2) is 0 Å². The number of carbonyl (C=O) groups is 1. The minimum absolute atomic E-state index is 0.0447. The average Bonchev–Trinajstić information content (AvgIpc) is 2.02. The normalized spacial score (nSPS) is 51.2. The van der Waals surface area contributed by atoms with Gasteiger partial charge in [-0.1, -0.05) is 11.6 Å². The molecule has 0 aliphatic heterocycles. The first-order valence-corrected chi connectivity index (χ1v) is 5.10. The van der Waals surface area contributed by atoms with Gasteiger partial charge in [0, 0.05) is 11.5 Å². The maximum absolute atomic E-state index is 11.4. The number of carbonyl (C=O) groups excluding carboxylic acids is 1. The molecule has 2 heteroatoms. The lowest BCUT2D eigenvalue weighted by atomic mass is 9.45. The summed E-state index contributed by atoms with van der Waals surface area (Å²) < 4.78 is 0. The van der Waals surface area contributed by atoms with E-state index in [1.165, 1.54) is 0 Å². The quantitative estimate of drug-likeness (QED) is 0.613. The second kappa shape index (κ2) is 2.06. The Hall–Kier alpha value is -0.630. The fraction of sp³-hybridized carbons (Fsp3) is 0.727. The number of ketones is 1. The smallest absolute Gasteiger partial charge is 0.134 e. The van der Waals surface area contributed by atoms with Crippen molar-refractivity contribution in [1.29, 1.82) is 0 Å². The van der Waals surface area contributed by atoms with Gasteiger partial charge in [-0.15, -0.1) is 0 Å². The van der Waals surface area contributed by atoms with Crippen molar-refractivity contribution in [2.75, 3.05) is 0 Å². The van der Waals surface area contributed by atoms with Gasteiger partial charge in [0.1, 0.15) is 5.78 Å². The second-order valence-corrected chi connectivity index (χ2v) is 5.03. The van der Waals surface area contributed by atoms with Crippen molar-refractivity contribution in [2.24, 2.45) is 23.5 Å². The van der Waals surface area contributed by atoms with Crippen molar-refractivity contribution < 1.29 is 4.79 Å². The second-order valence-electron chi connectivity index (χ2n) is 5.03. The summed E-state index contributed by atoms with van der Waals surface area (Å²) in [5.41, 5.74) is 7.82. The predicted molar refractivity (Wildman–Crippen MR) is 50.0 cm³/mol. The first-order chi connectivity index (χ1) is 6.11. The first kappa shape index (κ1) is 7.74. The van der Waals surface area contributed by atoms with Crippen molar-refractivity contribution >= 4 is 5.78 Å². The third-order valence-corrected chi connectivity index (χ3v) is 4.19. The Morgan fingerprint density at radius 2 is 2.15 bits per heavy atom. The molecule has 0 aromatic heterocycles. The lowest BCUT2D eigenvalue weighted by Crippen LogP contribution is -2.62. The summed E-state index contributed by atoms with van der Waals surface area (Å²) in [6.45, 7) is 1.73. The fourth-order valence-corrected chi connectivity index (χ4v) is 3.66. The molecule has 2 nitrogen and oxygen atoms in total. The van der Waals surface area contributed by atoms with Gasteiger partial charge in [-0.05, 0) is 38.0 Å². The fourth-order valence-electron chi connectivity index (χ4n) is 3.66. The van der Waals surface area contributed by atoms with Gasteiger partial charge in [0.25, 0.3) is 0 Å². The third-order valence-electron chi connectivity index (χ3n) is 4.19. The molecule has 0 heterocycles. The summed E-state index contributed by atoms with van der Waals surface area (Å²) in [7, 11) is 0. The van der Waals surface area contributed by atoms with Crippen LogP contribution < -0.4 is 5.73 Å². The molecule has 5 rings (SSSR count). The maximum atomic E-state index is 11.4. The number of hydrogen-bond donors (Lipinski definition) is 1. The minimum atomic E-state index is 0.0447. The Morgan fingerprint density at radius 3 is 2.62 bits per heavy atom. The van der Waals surface area contributed by atoms with Crippen LogP contribution in [0.3, 0.4) is 0 Å². The zero-order valence-corrected chi connectivity index (χ0v) is 7.92. The van der Waals surface area contributed by atoms with Gasteiger partial charge in [-0.3, -0.25) is 4.79 Å². The van der Waals surface area contributed by atoms with Gasteiger partial charge in [0.2, 0.25) is 0 Å². The Balaban J connectivity index is 1.97. The minimum Gasteiger partial charge on any atom is -0.325 e. The van der Waals surface area contributed by atoms with Gasteiger partial charge in [0.05, 0.1) is 0 Å². The van der Waals surface area contributed by atoms with E-state index >= 15 is 0 Å². The van der Waals surface area contributed by atoms with Crippen LogP contribution in [0, 0.1) is 17.8 Å². The number of Topliss-reactive ketones (excluding diaryl/α,β-unsaturated/α-hetero) is 1. The highest BCUT2D eigenvalue weighted by molar-refractivity contribution is 5.82. The van der Waals surface area contributed by atoms with E-state index < -0.39 is 0 Å². The molecular formula is C11H15NO. The molecule has 2 N–H and O–H groups in total. The van der Waals surface area contributed by atoms with Crippen molar-refractivity contribution in [1.82, 2.24) is 0 Å². The van der Waals surface area contributed by atoms with Crippen LogP contribution in [0.1, 0.15) is 26.2 Å². The van der Waals surface area contributed by atoms with Crippen LogP contribution in [-0.2, 0) is 4.79 Å². The van der Waals surface area contributed by atoms with Crippen LogP contribution in [0.4, 0.5) is 0 Å². The topological polar surface area (TPSA) is 43.1 Å². The number of rotatable bonds is 1. The molecular weight excluding hydrogens is 162 g/mol. The monoisotopic (exact) mass is 177 g/mol.